The molecule has 3 aromatic rings. The zero-order valence-corrected chi connectivity index (χ0v) is 24.8. The Hall–Kier alpha value is -4.33. The average molecular weight is 612 g/mol. The van der Waals surface area contributed by atoms with E-state index in [1.54, 1.807) is 30.3 Å². The van der Waals surface area contributed by atoms with Crippen LogP contribution in [0.3, 0.4) is 0 Å². The first-order chi connectivity index (χ1) is 20.5. The van der Waals surface area contributed by atoms with Crippen LogP contribution in [-0.2, 0) is 27.8 Å². The number of benzene rings is 2. The van der Waals surface area contributed by atoms with E-state index in [0.29, 0.717) is 11.3 Å². The predicted octanol–water partition coefficient (Wildman–Crippen LogP) is 2.80. The standard InChI is InChI=1S/C30H37N5O7S/c1-22(2)18-35(43(41,42)26-13-11-24(12-14-26)17-32-40)20-28(36)27(16-23-8-4-3-5-9-23)33-29(37)21-34(30(38)39)19-25-10-6-7-15-31-25/h3-15,17,22,27-28,36,40H,16,18-21H2,1-2H3,(H,33,37)(H,38,39)/b32-17+/t27-,28+/m0/s1. The molecule has 2 aromatic carbocycles. The number of hydrogen-bond donors (Lipinski definition) is 4. The molecular formula is C30H37N5O7S. The third-order valence-electron chi connectivity index (χ3n) is 6.48. The summed E-state index contributed by atoms with van der Waals surface area (Å²) < 4.78 is 28.4. The quantitative estimate of drug-likeness (QED) is 0.115. The average Bonchev–Trinajstić information content (AvgIpc) is 2.97. The van der Waals surface area contributed by atoms with Crippen LogP contribution >= 0.6 is 0 Å². The fourth-order valence-corrected chi connectivity index (χ4v) is 6.03. The van der Waals surface area contributed by atoms with Crippen LogP contribution in [0.2, 0.25) is 0 Å². The fraction of sp³-hybridized carbons (Fsp3) is 0.333. The molecule has 2 amide bonds. The van der Waals surface area contributed by atoms with Crippen LogP contribution in [0.15, 0.2) is 89.0 Å². The Morgan fingerprint density at radius 3 is 2.26 bits per heavy atom. The largest absolute Gasteiger partial charge is 0.465 e. The summed E-state index contributed by atoms with van der Waals surface area (Å²) in [6.45, 7) is 2.85. The van der Waals surface area contributed by atoms with Gasteiger partial charge in [0.05, 0.1) is 35.5 Å². The van der Waals surface area contributed by atoms with Crippen molar-refractivity contribution < 1.29 is 33.4 Å². The van der Waals surface area contributed by atoms with Crippen LogP contribution < -0.4 is 5.32 Å². The Bertz CT molecular complexity index is 1450. The molecule has 0 aliphatic heterocycles. The highest BCUT2D eigenvalue weighted by Crippen LogP contribution is 2.20. The summed E-state index contributed by atoms with van der Waals surface area (Å²) in [5.41, 5.74) is 1.75. The molecule has 3 rings (SSSR count). The van der Waals surface area contributed by atoms with Crippen LogP contribution in [0.4, 0.5) is 4.79 Å². The topological polar surface area (TPSA) is 173 Å². The molecule has 0 unspecified atom stereocenters. The molecule has 230 valence electrons. The number of pyridine rings is 1. The summed E-state index contributed by atoms with van der Waals surface area (Å²) in [7, 11) is -4.06. The third-order valence-corrected chi connectivity index (χ3v) is 8.32. The van der Waals surface area contributed by atoms with E-state index in [0.717, 1.165) is 10.5 Å². The number of nitrogens with zero attached hydrogens (tertiary/aromatic N) is 4. The molecule has 4 N–H and O–H groups in total. The number of amides is 2. The van der Waals surface area contributed by atoms with Gasteiger partial charge in [-0.1, -0.05) is 67.5 Å². The Labute approximate surface area is 251 Å². The van der Waals surface area contributed by atoms with Crippen molar-refractivity contribution in [2.24, 2.45) is 11.1 Å². The van der Waals surface area contributed by atoms with E-state index in [4.69, 9.17) is 5.21 Å². The highest BCUT2D eigenvalue weighted by molar-refractivity contribution is 7.89. The van der Waals surface area contributed by atoms with Gasteiger partial charge in [0.1, 0.15) is 6.54 Å². The Morgan fingerprint density at radius 2 is 1.67 bits per heavy atom. The smallest absolute Gasteiger partial charge is 0.408 e. The minimum absolute atomic E-state index is 0.00861. The second-order valence-electron chi connectivity index (χ2n) is 10.4. The second kappa shape index (κ2) is 15.8. The number of aliphatic hydroxyl groups excluding tert-OH is 1. The number of aliphatic hydroxyl groups is 1. The van der Waals surface area contributed by atoms with Gasteiger partial charge in [0.15, 0.2) is 0 Å². The number of rotatable bonds is 15. The second-order valence-corrected chi connectivity index (χ2v) is 12.4. The van der Waals surface area contributed by atoms with E-state index < -0.39 is 40.7 Å². The summed E-state index contributed by atoms with van der Waals surface area (Å²) in [5, 5.41) is 35.5. The SMILES string of the molecule is CC(C)CN(C[C@@H](O)[C@H](Cc1ccccc1)NC(=O)CN(Cc1ccccn1)C(=O)O)S(=O)(=O)c1ccc(/C=N/O)cc1. The zero-order chi connectivity index (χ0) is 31.4. The summed E-state index contributed by atoms with van der Waals surface area (Å²) in [6, 6.07) is 18.9. The van der Waals surface area contributed by atoms with Crippen molar-refractivity contribution in [1.82, 2.24) is 19.5 Å². The first-order valence-corrected chi connectivity index (χ1v) is 15.1. The lowest BCUT2D eigenvalue weighted by molar-refractivity contribution is -0.123. The van der Waals surface area contributed by atoms with Gasteiger partial charge in [-0.05, 0) is 47.7 Å². The number of aromatic nitrogens is 1. The summed E-state index contributed by atoms with van der Waals surface area (Å²) in [6.07, 6.45) is 0.214. The van der Waals surface area contributed by atoms with Crippen molar-refractivity contribution in [2.45, 2.75) is 43.9 Å². The third kappa shape index (κ3) is 10.2. The maximum absolute atomic E-state index is 13.6. The van der Waals surface area contributed by atoms with Gasteiger partial charge in [0, 0.05) is 19.3 Å². The highest BCUT2D eigenvalue weighted by Gasteiger charge is 2.32. The van der Waals surface area contributed by atoms with Crippen LogP contribution in [0.5, 0.6) is 0 Å². The molecule has 0 radical (unpaired) electrons. The van der Waals surface area contributed by atoms with Gasteiger partial charge in [0.25, 0.3) is 0 Å². The van der Waals surface area contributed by atoms with Crippen molar-refractivity contribution in [3.8, 4) is 0 Å². The van der Waals surface area contributed by atoms with Gasteiger partial charge in [-0.25, -0.2) is 13.2 Å². The van der Waals surface area contributed by atoms with Crippen LogP contribution in [0.25, 0.3) is 0 Å². The van der Waals surface area contributed by atoms with Crippen molar-refractivity contribution in [1.29, 1.82) is 0 Å². The number of carbonyl (C=O) groups is 2. The predicted molar refractivity (Wildman–Crippen MR) is 160 cm³/mol. The molecular weight excluding hydrogens is 574 g/mol. The molecule has 0 bridgehead atoms. The molecule has 1 heterocycles. The Kier molecular flexibility index (Phi) is 12.2. The molecule has 0 saturated carbocycles. The van der Waals surface area contributed by atoms with Gasteiger partial charge in [-0.2, -0.15) is 4.31 Å². The van der Waals surface area contributed by atoms with E-state index in [1.165, 1.54) is 41.0 Å². The lowest BCUT2D eigenvalue weighted by atomic mass is 10.0. The first kappa shape index (κ1) is 33.2. The first-order valence-electron chi connectivity index (χ1n) is 13.7. The monoisotopic (exact) mass is 611 g/mol. The van der Waals surface area contributed by atoms with E-state index in [2.05, 4.69) is 15.5 Å². The maximum Gasteiger partial charge on any atom is 0.408 e. The van der Waals surface area contributed by atoms with Crippen LogP contribution in [0.1, 0.15) is 30.7 Å². The molecule has 0 spiro atoms. The summed E-state index contributed by atoms with van der Waals surface area (Å²) in [5.74, 6) is -0.738. The molecule has 1 aromatic heterocycles. The maximum atomic E-state index is 13.6. The molecule has 0 aliphatic rings. The van der Waals surface area contributed by atoms with E-state index in [1.807, 2.05) is 32.0 Å². The highest BCUT2D eigenvalue weighted by atomic mass is 32.2. The molecule has 13 heteroatoms. The van der Waals surface area contributed by atoms with Crippen LogP contribution in [0, 0.1) is 5.92 Å². The van der Waals surface area contributed by atoms with E-state index in [9.17, 15) is 28.2 Å². The zero-order valence-electron chi connectivity index (χ0n) is 24.0. The molecule has 43 heavy (non-hydrogen) atoms. The van der Waals surface area contributed by atoms with Crippen molar-refractivity contribution in [3.63, 3.8) is 0 Å². The molecule has 2 atom stereocenters. The van der Waals surface area contributed by atoms with Gasteiger partial charge in [-0.15, -0.1) is 0 Å². The van der Waals surface area contributed by atoms with E-state index in [-0.39, 0.29) is 36.9 Å². The Morgan fingerprint density at radius 1 is 1.00 bits per heavy atom. The molecule has 0 aliphatic carbocycles. The number of sulfonamides is 1. The summed E-state index contributed by atoms with van der Waals surface area (Å²) in [4.78, 5) is 30.0. The number of oxime groups is 1. The molecule has 12 nitrogen and oxygen atoms in total. The van der Waals surface area contributed by atoms with E-state index >= 15 is 0 Å². The number of carboxylic acid groups (broad SMARTS) is 1. The van der Waals surface area contributed by atoms with Crippen molar-refractivity contribution >= 4 is 28.2 Å². The van der Waals surface area contributed by atoms with Crippen molar-refractivity contribution in [3.05, 3.63) is 95.8 Å². The number of nitrogens with one attached hydrogen (secondary N) is 1. The number of carbonyl (C=O) groups excluding carboxylic acids is 1. The molecule has 0 saturated heterocycles. The summed E-state index contributed by atoms with van der Waals surface area (Å²) >= 11 is 0. The van der Waals surface area contributed by atoms with Gasteiger partial charge in [-0.3, -0.25) is 14.7 Å². The van der Waals surface area contributed by atoms with Crippen LogP contribution in [-0.4, -0.2) is 88.0 Å². The van der Waals surface area contributed by atoms with Gasteiger partial charge in [0.2, 0.25) is 15.9 Å². The lowest BCUT2D eigenvalue weighted by Gasteiger charge is -2.31. The minimum atomic E-state index is -4.06. The normalized spacial score (nSPS) is 13.2. The van der Waals surface area contributed by atoms with Crippen molar-refractivity contribution in [2.75, 3.05) is 19.6 Å². The Balaban J connectivity index is 1.83. The molecule has 0 fully saturated rings. The van der Waals surface area contributed by atoms with Gasteiger partial charge < -0.3 is 20.7 Å². The fourth-order valence-electron chi connectivity index (χ4n) is 4.41. The van der Waals surface area contributed by atoms with Gasteiger partial charge >= 0.3 is 6.09 Å². The lowest BCUT2D eigenvalue weighted by Crippen LogP contribution is -2.53. The number of hydrogen-bond acceptors (Lipinski definition) is 8. The minimum Gasteiger partial charge on any atom is -0.465 e.